The Morgan fingerprint density at radius 1 is 1.12 bits per heavy atom. The largest absolute Gasteiger partial charge is 0.494 e. The number of benzene rings is 2. The zero-order chi connectivity index (χ0) is 19.4. The topological polar surface area (TPSA) is 58.6 Å². The zero-order valence-corrected chi connectivity index (χ0v) is 16.5. The van der Waals surface area contributed by atoms with Gasteiger partial charge in [-0.25, -0.2) is 0 Å². The maximum absolute atomic E-state index is 12.6. The highest BCUT2D eigenvalue weighted by molar-refractivity contribution is 6.37. The van der Waals surface area contributed by atoms with Gasteiger partial charge in [0.25, 0.3) is 5.91 Å². The number of hydrogen-bond acceptors (Lipinski definition) is 3. The summed E-state index contributed by atoms with van der Waals surface area (Å²) in [5, 5.41) is 3.32. The Labute approximate surface area is 162 Å². The van der Waals surface area contributed by atoms with Crippen molar-refractivity contribution in [2.45, 2.75) is 13.8 Å². The Kier molecular flexibility index (Phi) is 6.51. The van der Waals surface area contributed by atoms with Gasteiger partial charge >= 0.3 is 0 Å². The molecule has 0 spiro atoms. The number of likely N-dealkylation sites (N-methyl/N-ethyl adjacent to an activating group) is 1. The molecule has 7 heteroatoms. The van der Waals surface area contributed by atoms with Gasteiger partial charge in [0.2, 0.25) is 5.91 Å². The van der Waals surface area contributed by atoms with Gasteiger partial charge in [-0.1, -0.05) is 41.4 Å². The Morgan fingerprint density at radius 2 is 1.65 bits per heavy atom. The molecule has 26 heavy (non-hydrogen) atoms. The second-order valence-corrected chi connectivity index (χ2v) is 6.76. The van der Waals surface area contributed by atoms with Crippen LogP contribution in [-0.4, -0.2) is 37.4 Å². The van der Waals surface area contributed by atoms with E-state index in [2.05, 4.69) is 5.32 Å². The van der Waals surface area contributed by atoms with Crippen LogP contribution >= 0.6 is 23.2 Å². The smallest absolute Gasteiger partial charge is 0.254 e. The fraction of sp³-hybridized carbons (Fsp3) is 0.263. The van der Waals surface area contributed by atoms with Crippen molar-refractivity contribution < 1.29 is 14.3 Å². The summed E-state index contributed by atoms with van der Waals surface area (Å²) in [6.07, 6.45) is 0. The third-order valence-electron chi connectivity index (χ3n) is 3.92. The SMILES string of the molecule is COc1c(Cl)cc(C(=O)N(C)CC(=O)Nc2c(C)cccc2C)cc1Cl. The molecule has 138 valence electrons. The van der Waals surface area contributed by atoms with Crippen molar-refractivity contribution in [3.8, 4) is 5.75 Å². The highest BCUT2D eigenvalue weighted by atomic mass is 35.5. The quantitative estimate of drug-likeness (QED) is 0.820. The first-order valence-electron chi connectivity index (χ1n) is 7.89. The fourth-order valence-electron chi connectivity index (χ4n) is 2.58. The summed E-state index contributed by atoms with van der Waals surface area (Å²) in [7, 11) is 2.98. The van der Waals surface area contributed by atoms with Gasteiger partial charge in [0, 0.05) is 18.3 Å². The monoisotopic (exact) mass is 394 g/mol. The van der Waals surface area contributed by atoms with Crippen LogP contribution in [0.4, 0.5) is 5.69 Å². The predicted molar refractivity (Wildman–Crippen MR) is 105 cm³/mol. The molecule has 5 nitrogen and oxygen atoms in total. The van der Waals surface area contributed by atoms with E-state index in [0.717, 1.165) is 16.8 Å². The lowest BCUT2D eigenvalue weighted by Crippen LogP contribution is -2.35. The molecule has 2 aromatic carbocycles. The highest BCUT2D eigenvalue weighted by Gasteiger charge is 2.19. The molecule has 0 radical (unpaired) electrons. The third kappa shape index (κ3) is 4.48. The molecule has 2 aromatic rings. The summed E-state index contributed by atoms with van der Waals surface area (Å²) in [6.45, 7) is 3.73. The summed E-state index contributed by atoms with van der Waals surface area (Å²) in [5.74, 6) is -0.350. The number of nitrogens with one attached hydrogen (secondary N) is 1. The van der Waals surface area contributed by atoms with Gasteiger partial charge in [-0.15, -0.1) is 0 Å². The van der Waals surface area contributed by atoms with E-state index in [9.17, 15) is 9.59 Å². The van der Waals surface area contributed by atoms with Gasteiger partial charge in [-0.05, 0) is 37.1 Å². The number of rotatable bonds is 5. The van der Waals surface area contributed by atoms with Crippen LogP contribution in [0, 0.1) is 13.8 Å². The lowest BCUT2D eigenvalue weighted by atomic mass is 10.1. The van der Waals surface area contributed by atoms with E-state index in [1.54, 1.807) is 7.05 Å². The van der Waals surface area contributed by atoms with Crippen LogP contribution < -0.4 is 10.1 Å². The van der Waals surface area contributed by atoms with Crippen molar-refractivity contribution in [2.75, 3.05) is 26.0 Å². The van der Waals surface area contributed by atoms with Gasteiger partial charge in [0.1, 0.15) is 0 Å². The van der Waals surface area contributed by atoms with E-state index in [1.165, 1.54) is 24.1 Å². The van der Waals surface area contributed by atoms with E-state index in [4.69, 9.17) is 27.9 Å². The minimum absolute atomic E-state index is 0.103. The van der Waals surface area contributed by atoms with Gasteiger partial charge in [0.15, 0.2) is 5.75 Å². The van der Waals surface area contributed by atoms with Crippen molar-refractivity contribution in [3.63, 3.8) is 0 Å². The second kappa shape index (κ2) is 8.43. The number of hydrogen-bond donors (Lipinski definition) is 1. The molecule has 1 N–H and O–H groups in total. The number of carbonyl (C=O) groups is 2. The van der Waals surface area contributed by atoms with E-state index in [0.29, 0.717) is 5.75 Å². The highest BCUT2D eigenvalue weighted by Crippen LogP contribution is 2.34. The maximum Gasteiger partial charge on any atom is 0.254 e. The third-order valence-corrected chi connectivity index (χ3v) is 4.48. The number of para-hydroxylation sites is 1. The Morgan fingerprint density at radius 3 is 2.15 bits per heavy atom. The standard InChI is InChI=1S/C19H20Cl2N2O3/c1-11-6-5-7-12(2)17(11)22-16(24)10-23(3)19(25)13-8-14(20)18(26-4)15(21)9-13/h5-9H,10H2,1-4H3,(H,22,24). The summed E-state index contributed by atoms with van der Waals surface area (Å²) in [6, 6.07) is 8.69. The molecule has 0 atom stereocenters. The van der Waals surface area contributed by atoms with Crippen LogP contribution in [0.3, 0.4) is 0 Å². The number of nitrogens with zero attached hydrogens (tertiary/aromatic N) is 1. The first-order valence-corrected chi connectivity index (χ1v) is 8.64. The van der Waals surface area contributed by atoms with Crippen molar-refractivity contribution in [2.24, 2.45) is 0 Å². The van der Waals surface area contributed by atoms with Gasteiger partial charge in [-0.3, -0.25) is 9.59 Å². The predicted octanol–water partition coefficient (Wildman–Crippen LogP) is 4.33. The van der Waals surface area contributed by atoms with Crippen LogP contribution in [0.15, 0.2) is 30.3 Å². The number of ether oxygens (including phenoxy) is 1. The number of halogens is 2. The average molecular weight is 395 g/mol. The van der Waals surface area contributed by atoms with Crippen molar-refractivity contribution in [3.05, 3.63) is 57.1 Å². The maximum atomic E-state index is 12.6. The van der Waals surface area contributed by atoms with Crippen molar-refractivity contribution in [1.82, 2.24) is 4.90 Å². The molecular weight excluding hydrogens is 375 g/mol. The number of carbonyl (C=O) groups excluding carboxylic acids is 2. The van der Waals surface area contributed by atoms with Crippen LogP contribution in [0.2, 0.25) is 10.0 Å². The summed E-state index contributed by atoms with van der Waals surface area (Å²) in [5.41, 5.74) is 2.96. The number of anilines is 1. The molecule has 0 saturated carbocycles. The molecule has 2 amide bonds. The lowest BCUT2D eigenvalue weighted by molar-refractivity contribution is -0.116. The molecule has 0 aliphatic rings. The van der Waals surface area contributed by atoms with Gasteiger partial charge < -0.3 is 15.0 Å². The van der Waals surface area contributed by atoms with E-state index in [-0.39, 0.29) is 34.0 Å². The Balaban J connectivity index is 2.11. The van der Waals surface area contributed by atoms with Crippen molar-refractivity contribution >= 4 is 40.7 Å². The molecule has 0 fully saturated rings. The number of aryl methyl sites for hydroxylation is 2. The normalized spacial score (nSPS) is 10.4. The molecule has 2 rings (SSSR count). The Hall–Kier alpha value is -2.24. The van der Waals surface area contributed by atoms with E-state index in [1.807, 2.05) is 32.0 Å². The van der Waals surface area contributed by atoms with Crippen LogP contribution in [0.25, 0.3) is 0 Å². The minimum atomic E-state index is -0.367. The van der Waals surface area contributed by atoms with E-state index < -0.39 is 0 Å². The lowest BCUT2D eigenvalue weighted by Gasteiger charge is -2.19. The van der Waals surface area contributed by atoms with Crippen LogP contribution in [0.1, 0.15) is 21.5 Å². The second-order valence-electron chi connectivity index (χ2n) is 5.95. The molecule has 0 bridgehead atoms. The molecule has 0 aliphatic carbocycles. The summed E-state index contributed by atoms with van der Waals surface area (Å²) < 4.78 is 5.07. The van der Waals surface area contributed by atoms with Crippen LogP contribution in [-0.2, 0) is 4.79 Å². The number of methoxy groups -OCH3 is 1. The molecule has 0 heterocycles. The number of amides is 2. The molecule has 0 saturated heterocycles. The molecule has 0 unspecified atom stereocenters. The van der Waals surface area contributed by atoms with Crippen molar-refractivity contribution in [1.29, 1.82) is 0 Å². The fourth-order valence-corrected chi connectivity index (χ4v) is 3.22. The minimum Gasteiger partial charge on any atom is -0.494 e. The molecule has 0 aromatic heterocycles. The Bertz CT molecular complexity index is 809. The molecule has 0 aliphatic heterocycles. The van der Waals surface area contributed by atoms with Crippen LogP contribution in [0.5, 0.6) is 5.75 Å². The summed E-state index contributed by atoms with van der Waals surface area (Å²) >= 11 is 12.1. The van der Waals surface area contributed by atoms with E-state index >= 15 is 0 Å². The molecular formula is C19H20Cl2N2O3. The first-order chi connectivity index (χ1) is 12.2. The zero-order valence-electron chi connectivity index (χ0n) is 15.0. The average Bonchev–Trinajstić information content (AvgIpc) is 2.57. The van der Waals surface area contributed by atoms with Gasteiger partial charge in [-0.2, -0.15) is 0 Å². The van der Waals surface area contributed by atoms with Gasteiger partial charge in [0.05, 0.1) is 23.7 Å². The summed E-state index contributed by atoms with van der Waals surface area (Å²) in [4.78, 5) is 26.2. The first kappa shape index (κ1) is 20.1.